The quantitative estimate of drug-likeness (QED) is 0.752. The number of H-pyrrole nitrogens is 1. The lowest BCUT2D eigenvalue weighted by Crippen LogP contribution is -2.25. The molecular formula is C12H21N3O. The first kappa shape index (κ1) is 12.7. The number of amides is 1. The van der Waals surface area contributed by atoms with E-state index in [9.17, 15) is 4.79 Å². The third-order valence-corrected chi connectivity index (χ3v) is 2.60. The SMILES string of the molecule is Cc1n[nH]c(C)c1C(=O)NCCCC(C)C. The van der Waals surface area contributed by atoms with E-state index in [0.29, 0.717) is 11.5 Å². The molecule has 0 fully saturated rings. The number of carbonyl (C=O) groups excluding carboxylic acids is 1. The van der Waals surface area contributed by atoms with Crippen molar-refractivity contribution in [2.24, 2.45) is 5.92 Å². The second-order valence-electron chi connectivity index (χ2n) is 4.60. The second-order valence-corrected chi connectivity index (χ2v) is 4.60. The van der Waals surface area contributed by atoms with E-state index in [1.807, 2.05) is 13.8 Å². The van der Waals surface area contributed by atoms with Gasteiger partial charge in [-0.05, 0) is 32.6 Å². The molecule has 0 aliphatic carbocycles. The maximum absolute atomic E-state index is 11.8. The molecule has 4 nitrogen and oxygen atoms in total. The molecule has 0 atom stereocenters. The van der Waals surface area contributed by atoms with Gasteiger partial charge in [0.1, 0.15) is 0 Å². The van der Waals surface area contributed by atoms with Crippen LogP contribution in [0.4, 0.5) is 0 Å². The summed E-state index contributed by atoms with van der Waals surface area (Å²) in [4.78, 5) is 11.8. The van der Waals surface area contributed by atoms with Crippen molar-refractivity contribution in [1.29, 1.82) is 0 Å². The highest BCUT2D eigenvalue weighted by atomic mass is 16.1. The minimum Gasteiger partial charge on any atom is -0.352 e. The number of rotatable bonds is 5. The largest absolute Gasteiger partial charge is 0.352 e. The Hall–Kier alpha value is -1.32. The highest BCUT2D eigenvalue weighted by molar-refractivity contribution is 5.96. The smallest absolute Gasteiger partial charge is 0.255 e. The number of nitrogens with one attached hydrogen (secondary N) is 2. The summed E-state index contributed by atoms with van der Waals surface area (Å²) < 4.78 is 0. The molecule has 1 rings (SSSR count). The molecule has 90 valence electrons. The lowest BCUT2D eigenvalue weighted by atomic mass is 10.1. The van der Waals surface area contributed by atoms with Gasteiger partial charge >= 0.3 is 0 Å². The molecule has 0 radical (unpaired) electrons. The Labute approximate surface area is 96.8 Å². The van der Waals surface area contributed by atoms with Crippen molar-refractivity contribution >= 4 is 5.91 Å². The van der Waals surface area contributed by atoms with Crippen molar-refractivity contribution in [3.63, 3.8) is 0 Å². The standard InChI is InChI=1S/C12H21N3O/c1-8(2)6-5-7-13-12(16)11-9(3)14-15-10(11)4/h8H,5-7H2,1-4H3,(H,13,16)(H,14,15). The van der Waals surface area contributed by atoms with Crippen LogP contribution in [0.15, 0.2) is 0 Å². The Kier molecular flexibility index (Phi) is 4.52. The third kappa shape index (κ3) is 3.36. The van der Waals surface area contributed by atoms with Gasteiger partial charge in [-0.2, -0.15) is 5.10 Å². The first-order chi connectivity index (χ1) is 7.52. The van der Waals surface area contributed by atoms with Gasteiger partial charge in [0.25, 0.3) is 5.91 Å². The number of aromatic amines is 1. The Morgan fingerprint density at radius 3 is 2.62 bits per heavy atom. The monoisotopic (exact) mass is 223 g/mol. The predicted molar refractivity (Wildman–Crippen MR) is 64.5 cm³/mol. The fourth-order valence-electron chi connectivity index (χ4n) is 1.69. The summed E-state index contributed by atoms with van der Waals surface area (Å²) in [7, 11) is 0. The average Bonchev–Trinajstić information content (AvgIpc) is 2.53. The number of carbonyl (C=O) groups is 1. The predicted octanol–water partition coefficient (Wildman–Crippen LogP) is 2.19. The maximum Gasteiger partial charge on any atom is 0.255 e. The van der Waals surface area contributed by atoms with E-state index >= 15 is 0 Å². The van der Waals surface area contributed by atoms with E-state index in [2.05, 4.69) is 29.4 Å². The first-order valence-corrected chi connectivity index (χ1v) is 5.82. The molecule has 0 aliphatic rings. The van der Waals surface area contributed by atoms with Gasteiger partial charge in [0.2, 0.25) is 0 Å². The fourth-order valence-corrected chi connectivity index (χ4v) is 1.69. The van der Waals surface area contributed by atoms with E-state index in [1.54, 1.807) is 0 Å². The summed E-state index contributed by atoms with van der Waals surface area (Å²) in [6.45, 7) is 8.81. The molecule has 0 spiro atoms. The van der Waals surface area contributed by atoms with Gasteiger partial charge in [-0.1, -0.05) is 13.8 Å². The van der Waals surface area contributed by atoms with Gasteiger partial charge in [-0.15, -0.1) is 0 Å². The van der Waals surface area contributed by atoms with E-state index in [1.165, 1.54) is 0 Å². The summed E-state index contributed by atoms with van der Waals surface area (Å²) in [5, 5.41) is 9.75. The topological polar surface area (TPSA) is 57.8 Å². The average molecular weight is 223 g/mol. The minimum atomic E-state index is -0.0208. The van der Waals surface area contributed by atoms with Crippen molar-refractivity contribution in [1.82, 2.24) is 15.5 Å². The Bertz CT molecular complexity index is 336. The lowest BCUT2D eigenvalue weighted by molar-refractivity contribution is 0.0951. The zero-order valence-electron chi connectivity index (χ0n) is 10.6. The molecular weight excluding hydrogens is 202 g/mol. The van der Waals surface area contributed by atoms with Crippen LogP contribution < -0.4 is 5.32 Å². The lowest BCUT2D eigenvalue weighted by Gasteiger charge is -2.06. The molecule has 0 saturated heterocycles. The van der Waals surface area contributed by atoms with Crippen molar-refractivity contribution in [2.75, 3.05) is 6.54 Å². The van der Waals surface area contributed by atoms with Crippen LogP contribution in [0, 0.1) is 19.8 Å². The van der Waals surface area contributed by atoms with E-state index in [-0.39, 0.29) is 5.91 Å². The molecule has 16 heavy (non-hydrogen) atoms. The van der Waals surface area contributed by atoms with Gasteiger partial charge in [-0.25, -0.2) is 0 Å². The zero-order chi connectivity index (χ0) is 12.1. The molecule has 0 saturated carbocycles. The number of aromatic nitrogens is 2. The van der Waals surface area contributed by atoms with Crippen molar-refractivity contribution in [2.45, 2.75) is 40.5 Å². The summed E-state index contributed by atoms with van der Waals surface area (Å²) in [6, 6.07) is 0. The Morgan fingerprint density at radius 2 is 2.12 bits per heavy atom. The molecule has 4 heteroatoms. The number of aryl methyl sites for hydroxylation is 2. The van der Waals surface area contributed by atoms with Crippen LogP contribution >= 0.6 is 0 Å². The van der Waals surface area contributed by atoms with Crippen molar-refractivity contribution < 1.29 is 4.79 Å². The fraction of sp³-hybridized carbons (Fsp3) is 0.667. The molecule has 0 bridgehead atoms. The summed E-state index contributed by atoms with van der Waals surface area (Å²) in [6.07, 6.45) is 2.17. The molecule has 0 aliphatic heterocycles. The van der Waals surface area contributed by atoms with E-state index in [0.717, 1.165) is 30.8 Å². The van der Waals surface area contributed by atoms with Gasteiger partial charge < -0.3 is 5.32 Å². The van der Waals surface area contributed by atoms with Crippen LogP contribution in [0.1, 0.15) is 48.4 Å². The van der Waals surface area contributed by atoms with Crippen LogP contribution in [0.5, 0.6) is 0 Å². The van der Waals surface area contributed by atoms with Crippen molar-refractivity contribution in [3.05, 3.63) is 17.0 Å². The highest BCUT2D eigenvalue weighted by Crippen LogP contribution is 2.09. The van der Waals surface area contributed by atoms with Crippen LogP contribution in [-0.4, -0.2) is 22.6 Å². The summed E-state index contributed by atoms with van der Waals surface area (Å²) in [5.74, 6) is 0.668. The highest BCUT2D eigenvalue weighted by Gasteiger charge is 2.14. The Morgan fingerprint density at radius 1 is 1.44 bits per heavy atom. The minimum absolute atomic E-state index is 0.0208. The molecule has 1 amide bonds. The van der Waals surface area contributed by atoms with Crippen LogP contribution in [0.25, 0.3) is 0 Å². The number of hydrogen-bond acceptors (Lipinski definition) is 2. The molecule has 2 N–H and O–H groups in total. The van der Waals surface area contributed by atoms with Gasteiger partial charge in [-0.3, -0.25) is 9.89 Å². The molecule has 1 heterocycles. The van der Waals surface area contributed by atoms with Crippen molar-refractivity contribution in [3.8, 4) is 0 Å². The van der Waals surface area contributed by atoms with E-state index < -0.39 is 0 Å². The molecule has 0 unspecified atom stereocenters. The second kappa shape index (κ2) is 5.68. The van der Waals surface area contributed by atoms with Gasteiger partial charge in [0.15, 0.2) is 0 Å². The summed E-state index contributed by atoms with van der Waals surface area (Å²) >= 11 is 0. The molecule has 1 aromatic heterocycles. The van der Waals surface area contributed by atoms with Crippen LogP contribution in [0.3, 0.4) is 0 Å². The van der Waals surface area contributed by atoms with Gasteiger partial charge in [0, 0.05) is 12.2 Å². The van der Waals surface area contributed by atoms with Crippen LogP contribution in [-0.2, 0) is 0 Å². The van der Waals surface area contributed by atoms with Crippen LogP contribution in [0.2, 0.25) is 0 Å². The number of hydrogen-bond donors (Lipinski definition) is 2. The molecule has 1 aromatic rings. The third-order valence-electron chi connectivity index (χ3n) is 2.60. The maximum atomic E-state index is 11.8. The zero-order valence-corrected chi connectivity index (χ0v) is 10.6. The Balaban J connectivity index is 2.41. The number of nitrogens with zero attached hydrogens (tertiary/aromatic N) is 1. The molecule has 0 aromatic carbocycles. The van der Waals surface area contributed by atoms with Gasteiger partial charge in [0.05, 0.1) is 11.3 Å². The normalized spacial score (nSPS) is 10.8. The van der Waals surface area contributed by atoms with E-state index in [4.69, 9.17) is 0 Å². The first-order valence-electron chi connectivity index (χ1n) is 5.82. The summed E-state index contributed by atoms with van der Waals surface area (Å²) in [5.41, 5.74) is 2.28.